The summed E-state index contributed by atoms with van der Waals surface area (Å²) in [6, 6.07) is 2.01. The number of unbranched alkanes of at least 4 members (excludes halogenated alkanes) is 13. The molecule has 28 heavy (non-hydrogen) atoms. The van der Waals surface area contributed by atoms with Crippen LogP contribution in [0.3, 0.4) is 0 Å². The summed E-state index contributed by atoms with van der Waals surface area (Å²) in [5.74, 6) is 1.56. The van der Waals surface area contributed by atoms with Crippen LogP contribution in [0.25, 0.3) is 0 Å². The number of rotatable bonds is 17. The zero-order valence-corrected chi connectivity index (χ0v) is 18.6. The Kier molecular flexibility index (Phi) is 12.0. The van der Waals surface area contributed by atoms with Crippen molar-refractivity contribution in [3.8, 4) is 5.88 Å². The monoisotopic (exact) mass is 389 g/mol. The highest BCUT2D eigenvalue weighted by molar-refractivity contribution is 5.36. The second kappa shape index (κ2) is 14.6. The number of aryl methyl sites for hydroxylation is 1. The van der Waals surface area contributed by atoms with Gasteiger partial charge in [-0.05, 0) is 19.3 Å². The van der Waals surface area contributed by atoms with Crippen LogP contribution in [-0.4, -0.2) is 30.2 Å². The molecule has 0 aromatic carbocycles. The number of aromatic nitrogens is 2. The van der Waals surface area contributed by atoms with E-state index in [1.54, 1.807) is 7.11 Å². The Hall–Kier alpha value is -1.32. The Morgan fingerprint density at radius 1 is 0.786 bits per heavy atom. The Bertz CT molecular complexity index is 517. The van der Waals surface area contributed by atoms with Gasteiger partial charge >= 0.3 is 0 Å². The molecule has 1 aliphatic rings. The molecule has 1 aromatic rings. The molecule has 0 unspecified atom stereocenters. The molecule has 1 aromatic heterocycles. The fourth-order valence-electron chi connectivity index (χ4n) is 3.85. The summed E-state index contributed by atoms with van der Waals surface area (Å²) in [6.07, 6.45) is 21.9. The van der Waals surface area contributed by atoms with Crippen molar-refractivity contribution in [2.24, 2.45) is 0 Å². The maximum absolute atomic E-state index is 5.36. The Morgan fingerprint density at radius 2 is 1.32 bits per heavy atom. The summed E-state index contributed by atoms with van der Waals surface area (Å²) in [6.45, 7) is 4.44. The summed E-state index contributed by atoms with van der Waals surface area (Å²) >= 11 is 0. The van der Waals surface area contributed by atoms with Gasteiger partial charge in [0.25, 0.3) is 0 Å². The van der Waals surface area contributed by atoms with Crippen LogP contribution in [0.4, 0.5) is 5.95 Å². The predicted molar refractivity (Wildman–Crippen MR) is 119 cm³/mol. The zero-order valence-electron chi connectivity index (χ0n) is 18.6. The van der Waals surface area contributed by atoms with Gasteiger partial charge in [0.05, 0.1) is 7.11 Å². The van der Waals surface area contributed by atoms with Crippen LogP contribution in [0, 0.1) is 0 Å². The number of anilines is 1. The van der Waals surface area contributed by atoms with E-state index in [1.165, 1.54) is 96.3 Å². The Balaban J connectivity index is 1.45. The number of hydrogen-bond acceptors (Lipinski definition) is 4. The standard InChI is InChI=1S/C24H43N3O/c1-3-4-5-6-7-8-9-10-11-12-13-14-15-16-18-22-21-23(28-2)26-24(25-22)27-19-17-20-27/h21H,3-20H2,1-2H3. The van der Waals surface area contributed by atoms with E-state index in [2.05, 4.69) is 16.8 Å². The van der Waals surface area contributed by atoms with Gasteiger partial charge in [-0.15, -0.1) is 0 Å². The highest BCUT2D eigenvalue weighted by Crippen LogP contribution is 2.21. The molecule has 0 N–H and O–H groups in total. The molecule has 160 valence electrons. The second-order valence-corrected chi connectivity index (χ2v) is 8.39. The molecular formula is C24H43N3O. The van der Waals surface area contributed by atoms with Gasteiger partial charge in [-0.1, -0.05) is 90.4 Å². The van der Waals surface area contributed by atoms with Gasteiger partial charge in [-0.3, -0.25) is 0 Å². The van der Waals surface area contributed by atoms with Crippen molar-refractivity contribution in [2.45, 2.75) is 110 Å². The van der Waals surface area contributed by atoms with Crippen molar-refractivity contribution < 1.29 is 4.74 Å². The van der Waals surface area contributed by atoms with Crippen LogP contribution < -0.4 is 9.64 Å². The minimum Gasteiger partial charge on any atom is -0.481 e. The van der Waals surface area contributed by atoms with Gasteiger partial charge in [0.2, 0.25) is 11.8 Å². The molecular weight excluding hydrogens is 346 g/mol. The van der Waals surface area contributed by atoms with Gasteiger partial charge in [-0.25, -0.2) is 4.98 Å². The molecule has 0 radical (unpaired) electrons. The Labute approximate surface area is 173 Å². The fourth-order valence-corrected chi connectivity index (χ4v) is 3.85. The lowest BCUT2D eigenvalue weighted by Crippen LogP contribution is -2.38. The minimum absolute atomic E-state index is 0.706. The second-order valence-electron chi connectivity index (χ2n) is 8.39. The third-order valence-corrected chi connectivity index (χ3v) is 5.88. The third-order valence-electron chi connectivity index (χ3n) is 5.88. The lowest BCUT2D eigenvalue weighted by atomic mass is 10.0. The van der Waals surface area contributed by atoms with Crippen LogP contribution >= 0.6 is 0 Å². The van der Waals surface area contributed by atoms with Gasteiger partial charge in [0, 0.05) is 24.8 Å². The molecule has 0 atom stereocenters. The number of ether oxygens (including phenoxy) is 1. The van der Waals surface area contributed by atoms with E-state index < -0.39 is 0 Å². The molecule has 0 amide bonds. The molecule has 0 bridgehead atoms. The number of methoxy groups -OCH3 is 1. The van der Waals surface area contributed by atoms with Crippen LogP contribution in [0.2, 0.25) is 0 Å². The molecule has 2 heterocycles. The summed E-state index contributed by atoms with van der Waals surface area (Å²) < 4.78 is 5.36. The number of nitrogens with zero attached hydrogens (tertiary/aromatic N) is 3. The average molecular weight is 390 g/mol. The molecule has 2 rings (SSSR count). The minimum atomic E-state index is 0.706. The van der Waals surface area contributed by atoms with E-state index in [0.29, 0.717) is 5.88 Å². The van der Waals surface area contributed by atoms with Crippen molar-refractivity contribution in [3.63, 3.8) is 0 Å². The van der Waals surface area contributed by atoms with Crippen molar-refractivity contribution in [1.29, 1.82) is 0 Å². The number of hydrogen-bond donors (Lipinski definition) is 0. The maximum atomic E-state index is 5.36. The van der Waals surface area contributed by atoms with Crippen molar-refractivity contribution in [1.82, 2.24) is 9.97 Å². The average Bonchev–Trinajstić information content (AvgIpc) is 2.66. The smallest absolute Gasteiger partial charge is 0.228 e. The molecule has 1 aliphatic heterocycles. The van der Waals surface area contributed by atoms with Crippen LogP contribution in [0.1, 0.15) is 109 Å². The van der Waals surface area contributed by atoms with Crippen molar-refractivity contribution in [3.05, 3.63) is 11.8 Å². The molecule has 0 saturated carbocycles. The summed E-state index contributed by atoms with van der Waals surface area (Å²) in [5, 5.41) is 0. The van der Waals surface area contributed by atoms with Gasteiger partial charge in [0.15, 0.2) is 0 Å². The quantitative estimate of drug-likeness (QED) is 0.277. The third kappa shape index (κ3) is 9.25. The molecule has 4 heteroatoms. The van der Waals surface area contributed by atoms with E-state index in [9.17, 15) is 0 Å². The molecule has 1 fully saturated rings. The molecule has 0 spiro atoms. The highest BCUT2D eigenvalue weighted by Gasteiger charge is 2.18. The first-order valence-corrected chi connectivity index (χ1v) is 12.0. The van der Waals surface area contributed by atoms with E-state index in [-0.39, 0.29) is 0 Å². The van der Waals surface area contributed by atoms with Crippen LogP contribution in [0.15, 0.2) is 6.07 Å². The van der Waals surface area contributed by atoms with Crippen LogP contribution in [0.5, 0.6) is 5.88 Å². The molecule has 1 saturated heterocycles. The van der Waals surface area contributed by atoms with Gasteiger partial charge in [0.1, 0.15) is 0 Å². The van der Waals surface area contributed by atoms with E-state index in [0.717, 1.165) is 31.2 Å². The fraction of sp³-hybridized carbons (Fsp3) is 0.833. The molecule has 4 nitrogen and oxygen atoms in total. The summed E-state index contributed by atoms with van der Waals surface area (Å²) in [7, 11) is 1.69. The Morgan fingerprint density at radius 3 is 1.79 bits per heavy atom. The van der Waals surface area contributed by atoms with E-state index >= 15 is 0 Å². The predicted octanol–water partition coefficient (Wildman–Crippen LogP) is 6.72. The first-order chi connectivity index (χ1) is 13.8. The highest BCUT2D eigenvalue weighted by atomic mass is 16.5. The maximum Gasteiger partial charge on any atom is 0.228 e. The van der Waals surface area contributed by atoms with Crippen molar-refractivity contribution in [2.75, 3.05) is 25.1 Å². The summed E-state index contributed by atoms with van der Waals surface area (Å²) in [4.78, 5) is 11.5. The molecule has 0 aliphatic carbocycles. The van der Waals surface area contributed by atoms with Gasteiger partial charge in [-0.2, -0.15) is 4.98 Å². The first-order valence-electron chi connectivity index (χ1n) is 12.0. The van der Waals surface area contributed by atoms with Gasteiger partial charge < -0.3 is 9.64 Å². The normalized spacial score (nSPS) is 13.6. The zero-order chi connectivity index (χ0) is 19.9. The summed E-state index contributed by atoms with van der Waals surface area (Å²) in [5.41, 5.74) is 1.13. The van der Waals surface area contributed by atoms with Crippen molar-refractivity contribution >= 4 is 5.95 Å². The van der Waals surface area contributed by atoms with Crippen LogP contribution in [-0.2, 0) is 6.42 Å². The lowest BCUT2D eigenvalue weighted by molar-refractivity contribution is 0.394. The largest absolute Gasteiger partial charge is 0.481 e. The SMILES string of the molecule is CCCCCCCCCCCCCCCCc1cc(OC)nc(N2CCC2)n1. The van der Waals surface area contributed by atoms with E-state index in [1.807, 2.05) is 6.07 Å². The van der Waals surface area contributed by atoms with E-state index in [4.69, 9.17) is 9.72 Å². The first kappa shape index (κ1) is 23.0. The topological polar surface area (TPSA) is 38.2 Å². The lowest BCUT2D eigenvalue weighted by Gasteiger charge is -2.31.